The molecule has 0 saturated heterocycles. The first kappa shape index (κ1) is 41.0. The molecular weight excluding hydrogens is 845 g/mol. The molecule has 0 fully saturated rings. The zero-order valence-electron chi connectivity index (χ0n) is 38.5. The number of benzene rings is 12. The van der Waals surface area contributed by atoms with Gasteiger partial charge in [-0.3, -0.25) is 0 Å². The summed E-state index contributed by atoms with van der Waals surface area (Å²) in [5.74, 6) is 0. The summed E-state index contributed by atoms with van der Waals surface area (Å²) in [6, 6.07) is 102. The van der Waals surface area contributed by atoms with Gasteiger partial charge in [0.25, 0.3) is 0 Å². The van der Waals surface area contributed by atoms with Gasteiger partial charge in [0.2, 0.25) is 0 Å². The van der Waals surface area contributed by atoms with Gasteiger partial charge in [0, 0.05) is 33.4 Å². The number of hydrogen-bond donors (Lipinski definition) is 0. The molecule has 13 aromatic rings. The van der Waals surface area contributed by atoms with E-state index in [0.29, 0.717) is 0 Å². The Morgan fingerprint density at radius 2 is 0.571 bits per heavy atom. The molecule has 70 heavy (non-hydrogen) atoms. The van der Waals surface area contributed by atoms with E-state index in [1.165, 1.54) is 105 Å². The molecule has 0 unspecified atom stereocenters. The van der Waals surface area contributed by atoms with Crippen LogP contribution in [0.1, 0.15) is 0 Å². The van der Waals surface area contributed by atoms with E-state index in [1.54, 1.807) is 0 Å². The normalized spacial score (nSPS) is 11.4. The minimum absolute atomic E-state index is 1.09. The number of fused-ring (bicyclic) bond motifs is 5. The van der Waals surface area contributed by atoms with Crippen LogP contribution in [0.3, 0.4) is 0 Å². The maximum atomic E-state index is 2.41. The fourth-order valence-corrected chi connectivity index (χ4v) is 10.7. The van der Waals surface area contributed by atoms with Crippen molar-refractivity contribution >= 4 is 60.4 Å². The lowest BCUT2D eigenvalue weighted by Crippen LogP contribution is -2.09. The first-order chi connectivity index (χ1) is 34.7. The summed E-state index contributed by atoms with van der Waals surface area (Å²) in [6.07, 6.45) is 0. The van der Waals surface area contributed by atoms with E-state index in [4.69, 9.17) is 0 Å². The Kier molecular flexibility index (Phi) is 10.2. The van der Waals surface area contributed by atoms with E-state index in [1.807, 2.05) is 0 Å². The van der Waals surface area contributed by atoms with Crippen molar-refractivity contribution in [3.63, 3.8) is 0 Å². The van der Waals surface area contributed by atoms with Gasteiger partial charge < -0.3 is 9.47 Å². The summed E-state index contributed by atoms with van der Waals surface area (Å²) in [4.78, 5) is 2.37. The highest BCUT2D eigenvalue weighted by Crippen LogP contribution is 2.42. The highest BCUT2D eigenvalue weighted by atomic mass is 15.1. The van der Waals surface area contributed by atoms with Crippen LogP contribution in [0.25, 0.3) is 105 Å². The molecule has 2 heteroatoms. The molecule has 0 bridgehead atoms. The minimum atomic E-state index is 1.09. The van der Waals surface area contributed by atoms with Gasteiger partial charge in [0.05, 0.1) is 16.7 Å². The maximum absolute atomic E-state index is 2.41. The van der Waals surface area contributed by atoms with E-state index in [9.17, 15) is 0 Å². The number of para-hydroxylation sites is 3. The van der Waals surface area contributed by atoms with Crippen LogP contribution in [0.2, 0.25) is 0 Å². The summed E-state index contributed by atoms with van der Waals surface area (Å²) in [7, 11) is 0. The number of rotatable bonds is 9. The summed E-state index contributed by atoms with van der Waals surface area (Å²) in [5, 5.41) is 7.52. The standard InChI is InChI=1S/C68H46N2/c1-2-15-49(16-3-1)59-45-46-60(63-22-7-6-21-62(59)63)52-37-43-56(44-38-52)69(55-41-35-51(36-42-55)58-25-14-18-50-17-4-5-19-57(50)58)54-39-33-48(34-40-54)47-29-31-53(32-30-47)61-20-8-11-26-66(61)70-67-27-12-9-23-64(67)65-24-10-13-28-68(65)70/h1-46H. The zero-order chi connectivity index (χ0) is 46.4. The largest absolute Gasteiger partial charge is 0.311 e. The molecule has 13 rings (SSSR count). The highest BCUT2D eigenvalue weighted by Gasteiger charge is 2.18. The number of nitrogens with zero attached hydrogens (tertiary/aromatic N) is 2. The van der Waals surface area contributed by atoms with Crippen LogP contribution in [0.4, 0.5) is 17.1 Å². The Morgan fingerprint density at radius 3 is 1.14 bits per heavy atom. The predicted octanol–water partition coefficient (Wildman–Crippen LogP) is 18.9. The summed E-state index contributed by atoms with van der Waals surface area (Å²) in [5.41, 5.74) is 18.9. The third kappa shape index (κ3) is 7.22. The van der Waals surface area contributed by atoms with Crippen LogP contribution < -0.4 is 4.90 Å². The third-order valence-corrected chi connectivity index (χ3v) is 14.1. The van der Waals surface area contributed by atoms with Gasteiger partial charge >= 0.3 is 0 Å². The van der Waals surface area contributed by atoms with Crippen molar-refractivity contribution in [1.29, 1.82) is 0 Å². The van der Waals surface area contributed by atoms with Crippen LogP contribution in [0.15, 0.2) is 279 Å². The molecule has 0 radical (unpaired) electrons. The quantitative estimate of drug-likeness (QED) is 0.140. The second-order valence-corrected chi connectivity index (χ2v) is 18.0. The van der Waals surface area contributed by atoms with Gasteiger partial charge in [-0.15, -0.1) is 0 Å². The van der Waals surface area contributed by atoms with E-state index in [-0.39, 0.29) is 0 Å². The van der Waals surface area contributed by atoms with Gasteiger partial charge in [-0.2, -0.15) is 0 Å². The average molecular weight is 891 g/mol. The maximum Gasteiger partial charge on any atom is 0.0541 e. The number of anilines is 3. The Hall–Kier alpha value is -9.24. The lowest BCUT2D eigenvalue weighted by molar-refractivity contribution is 1.18. The molecule has 0 spiro atoms. The lowest BCUT2D eigenvalue weighted by atomic mass is 9.92. The molecule has 0 atom stereocenters. The molecule has 2 nitrogen and oxygen atoms in total. The predicted molar refractivity (Wildman–Crippen MR) is 298 cm³/mol. The molecule has 0 saturated carbocycles. The molecule has 0 aliphatic heterocycles. The fourth-order valence-electron chi connectivity index (χ4n) is 10.7. The highest BCUT2D eigenvalue weighted by molar-refractivity contribution is 6.10. The second-order valence-electron chi connectivity index (χ2n) is 18.0. The SMILES string of the molecule is c1ccc(-c2ccc(-c3ccc(N(c4ccc(-c5ccc(-c6ccccc6-n6c7ccccc7c7ccccc76)cc5)cc4)c4ccc(-c5cccc6ccccc56)cc4)cc3)c3ccccc23)cc1. The van der Waals surface area contributed by atoms with Gasteiger partial charge in [0.15, 0.2) is 0 Å². The smallest absolute Gasteiger partial charge is 0.0541 e. The van der Waals surface area contributed by atoms with Crippen molar-refractivity contribution in [3.8, 4) is 61.3 Å². The van der Waals surface area contributed by atoms with Gasteiger partial charge in [-0.1, -0.05) is 224 Å². The van der Waals surface area contributed by atoms with Gasteiger partial charge in [0.1, 0.15) is 0 Å². The molecule has 1 aromatic heterocycles. The number of hydrogen-bond acceptors (Lipinski definition) is 1. The Bertz CT molecular complexity index is 3960. The molecular formula is C68H46N2. The first-order valence-electron chi connectivity index (χ1n) is 24.1. The van der Waals surface area contributed by atoms with Gasteiger partial charge in [-0.05, 0) is 126 Å². The monoisotopic (exact) mass is 890 g/mol. The fraction of sp³-hybridized carbons (Fsp3) is 0. The van der Waals surface area contributed by atoms with Crippen LogP contribution in [0.5, 0.6) is 0 Å². The van der Waals surface area contributed by atoms with Crippen LogP contribution >= 0.6 is 0 Å². The van der Waals surface area contributed by atoms with Crippen molar-refractivity contribution in [1.82, 2.24) is 4.57 Å². The first-order valence-corrected chi connectivity index (χ1v) is 24.1. The van der Waals surface area contributed by atoms with Crippen molar-refractivity contribution in [2.24, 2.45) is 0 Å². The van der Waals surface area contributed by atoms with Crippen LogP contribution in [-0.4, -0.2) is 4.57 Å². The summed E-state index contributed by atoms with van der Waals surface area (Å²) < 4.78 is 2.41. The van der Waals surface area contributed by atoms with Crippen molar-refractivity contribution < 1.29 is 0 Å². The second kappa shape index (κ2) is 17.4. The molecule has 0 amide bonds. The lowest BCUT2D eigenvalue weighted by Gasteiger charge is -2.26. The van der Waals surface area contributed by atoms with Crippen molar-refractivity contribution in [2.75, 3.05) is 4.90 Å². The van der Waals surface area contributed by atoms with Crippen molar-refractivity contribution in [2.45, 2.75) is 0 Å². The average Bonchev–Trinajstić information content (AvgIpc) is 3.78. The molecule has 0 aliphatic carbocycles. The Morgan fingerprint density at radius 1 is 0.214 bits per heavy atom. The third-order valence-electron chi connectivity index (χ3n) is 14.1. The molecule has 0 N–H and O–H groups in total. The summed E-state index contributed by atoms with van der Waals surface area (Å²) in [6.45, 7) is 0. The molecule has 0 aliphatic rings. The zero-order valence-corrected chi connectivity index (χ0v) is 38.5. The molecule has 1 heterocycles. The van der Waals surface area contributed by atoms with E-state index in [0.717, 1.165) is 17.1 Å². The van der Waals surface area contributed by atoms with Crippen LogP contribution in [0, 0.1) is 0 Å². The summed E-state index contributed by atoms with van der Waals surface area (Å²) >= 11 is 0. The number of aromatic nitrogens is 1. The minimum Gasteiger partial charge on any atom is -0.311 e. The Balaban J connectivity index is 0.850. The van der Waals surface area contributed by atoms with E-state index >= 15 is 0 Å². The topological polar surface area (TPSA) is 8.17 Å². The Labute approximate surface area is 408 Å². The van der Waals surface area contributed by atoms with Crippen LogP contribution in [-0.2, 0) is 0 Å². The van der Waals surface area contributed by atoms with E-state index in [2.05, 4.69) is 289 Å². The molecule has 12 aromatic carbocycles. The molecule has 328 valence electrons. The van der Waals surface area contributed by atoms with Gasteiger partial charge in [-0.25, -0.2) is 0 Å². The van der Waals surface area contributed by atoms with E-state index < -0.39 is 0 Å². The van der Waals surface area contributed by atoms with Crippen molar-refractivity contribution in [3.05, 3.63) is 279 Å².